The average molecular weight is 300 g/mol. The molecule has 0 saturated carbocycles. The number of fused-ring (bicyclic) bond motifs is 1. The first kappa shape index (κ1) is 10.4. The summed E-state index contributed by atoms with van der Waals surface area (Å²) in [5.74, 6) is 1.65. The van der Waals surface area contributed by atoms with Crippen molar-refractivity contribution < 1.29 is 5.11 Å². The molecule has 3 rings (SSSR count). The maximum Gasteiger partial charge on any atom is 0.191 e. The van der Waals surface area contributed by atoms with Gasteiger partial charge in [0.15, 0.2) is 5.82 Å². The van der Waals surface area contributed by atoms with E-state index in [1.807, 2.05) is 16.8 Å². The fraction of sp³-hybridized carbons (Fsp3) is 0.400. The number of thiophene rings is 1. The van der Waals surface area contributed by atoms with E-state index in [1.54, 1.807) is 11.3 Å². The Morgan fingerprint density at radius 1 is 1.50 bits per heavy atom. The fourth-order valence-corrected chi connectivity index (χ4v) is 3.14. The molecule has 1 aliphatic heterocycles. The van der Waals surface area contributed by atoms with E-state index in [2.05, 4.69) is 26.0 Å². The quantitative estimate of drug-likeness (QED) is 0.877. The summed E-state index contributed by atoms with van der Waals surface area (Å²) in [6.45, 7) is 0.760. The van der Waals surface area contributed by atoms with Crippen molar-refractivity contribution in [2.45, 2.75) is 25.5 Å². The van der Waals surface area contributed by atoms with Crippen LogP contribution in [0, 0.1) is 0 Å². The number of aryl methyl sites for hydroxylation is 1. The highest BCUT2D eigenvalue weighted by Crippen LogP contribution is 2.30. The lowest BCUT2D eigenvalue weighted by atomic mass is 10.1. The third-order valence-electron chi connectivity index (χ3n) is 2.63. The molecule has 3 heterocycles. The molecule has 1 aliphatic rings. The zero-order valence-corrected chi connectivity index (χ0v) is 10.8. The first-order valence-electron chi connectivity index (χ1n) is 5.10. The molecule has 1 atom stereocenters. The molecule has 2 aromatic heterocycles. The summed E-state index contributed by atoms with van der Waals surface area (Å²) in [6, 6.07) is 4.00. The SMILES string of the molecule is OC1CCn2nc(-c3ccc(Br)s3)nc2C1. The Kier molecular flexibility index (Phi) is 2.57. The number of aliphatic hydroxyl groups excluding tert-OH is 1. The molecule has 0 saturated heterocycles. The Balaban J connectivity index is 1.98. The van der Waals surface area contributed by atoms with Crippen LogP contribution in [0.2, 0.25) is 0 Å². The van der Waals surface area contributed by atoms with Gasteiger partial charge in [0.05, 0.1) is 14.8 Å². The molecule has 6 heteroatoms. The second-order valence-corrected chi connectivity index (χ2v) is 6.29. The van der Waals surface area contributed by atoms with E-state index in [1.165, 1.54) is 0 Å². The summed E-state index contributed by atoms with van der Waals surface area (Å²) in [7, 11) is 0. The molecule has 2 aromatic rings. The van der Waals surface area contributed by atoms with E-state index >= 15 is 0 Å². The molecule has 16 heavy (non-hydrogen) atoms. The Morgan fingerprint density at radius 3 is 3.12 bits per heavy atom. The Bertz CT molecular complexity index is 522. The molecule has 0 amide bonds. The highest BCUT2D eigenvalue weighted by molar-refractivity contribution is 9.11. The van der Waals surface area contributed by atoms with Crippen molar-refractivity contribution in [3.05, 3.63) is 21.7 Å². The molecular weight excluding hydrogens is 290 g/mol. The number of aliphatic hydroxyl groups is 1. The molecule has 0 aromatic carbocycles. The van der Waals surface area contributed by atoms with E-state index in [-0.39, 0.29) is 6.10 Å². The summed E-state index contributed by atoms with van der Waals surface area (Å²) in [4.78, 5) is 5.52. The Morgan fingerprint density at radius 2 is 2.38 bits per heavy atom. The van der Waals surface area contributed by atoms with Crippen molar-refractivity contribution in [3.63, 3.8) is 0 Å². The number of aromatic nitrogens is 3. The van der Waals surface area contributed by atoms with Crippen LogP contribution in [0.4, 0.5) is 0 Å². The minimum absolute atomic E-state index is 0.264. The first-order chi connectivity index (χ1) is 7.72. The van der Waals surface area contributed by atoms with E-state index in [9.17, 15) is 5.11 Å². The lowest BCUT2D eigenvalue weighted by molar-refractivity contribution is 0.138. The molecule has 0 radical (unpaired) electrons. The van der Waals surface area contributed by atoms with Crippen LogP contribution in [0.1, 0.15) is 12.2 Å². The van der Waals surface area contributed by atoms with Crippen molar-refractivity contribution in [1.82, 2.24) is 14.8 Å². The van der Waals surface area contributed by atoms with Gasteiger partial charge >= 0.3 is 0 Å². The standard InChI is InChI=1S/C10H10BrN3OS/c11-8-2-1-7(16-8)10-12-9-5-6(15)3-4-14(9)13-10/h1-2,6,15H,3-5H2. The molecule has 1 N–H and O–H groups in total. The minimum atomic E-state index is -0.264. The monoisotopic (exact) mass is 299 g/mol. The third-order valence-corrected chi connectivity index (χ3v) is 4.25. The minimum Gasteiger partial charge on any atom is -0.393 e. The molecule has 0 fully saturated rings. The topological polar surface area (TPSA) is 50.9 Å². The van der Waals surface area contributed by atoms with Crippen LogP contribution in [0.3, 0.4) is 0 Å². The van der Waals surface area contributed by atoms with Gasteiger partial charge in [-0.2, -0.15) is 0 Å². The molecule has 1 unspecified atom stereocenters. The highest BCUT2D eigenvalue weighted by atomic mass is 79.9. The van der Waals surface area contributed by atoms with E-state index in [0.29, 0.717) is 6.42 Å². The van der Waals surface area contributed by atoms with Gasteiger partial charge in [-0.15, -0.1) is 16.4 Å². The van der Waals surface area contributed by atoms with Crippen LogP contribution in [0.5, 0.6) is 0 Å². The number of halogens is 1. The third kappa shape index (κ3) is 1.81. The predicted octanol–water partition coefficient (Wildman–Crippen LogP) is 2.08. The number of nitrogens with zero attached hydrogens (tertiary/aromatic N) is 3. The second kappa shape index (κ2) is 3.94. The summed E-state index contributed by atoms with van der Waals surface area (Å²) >= 11 is 5.05. The maximum atomic E-state index is 9.55. The largest absolute Gasteiger partial charge is 0.393 e. The van der Waals surface area contributed by atoms with Crippen LogP contribution >= 0.6 is 27.3 Å². The molecule has 84 valence electrons. The van der Waals surface area contributed by atoms with Crippen LogP contribution in [-0.2, 0) is 13.0 Å². The maximum absolute atomic E-state index is 9.55. The van der Waals surface area contributed by atoms with Gasteiger partial charge in [0.25, 0.3) is 0 Å². The van der Waals surface area contributed by atoms with Crippen molar-refractivity contribution in [1.29, 1.82) is 0 Å². The van der Waals surface area contributed by atoms with E-state index < -0.39 is 0 Å². The molecule has 4 nitrogen and oxygen atoms in total. The van der Waals surface area contributed by atoms with Gasteiger partial charge in [-0.3, -0.25) is 0 Å². The lowest BCUT2D eigenvalue weighted by Crippen LogP contribution is -2.23. The van der Waals surface area contributed by atoms with Gasteiger partial charge in [0.1, 0.15) is 5.82 Å². The van der Waals surface area contributed by atoms with Crippen LogP contribution in [0.15, 0.2) is 15.9 Å². The lowest BCUT2D eigenvalue weighted by Gasteiger charge is -2.16. The van der Waals surface area contributed by atoms with Crippen molar-refractivity contribution in [2.24, 2.45) is 0 Å². The van der Waals surface area contributed by atoms with Crippen molar-refractivity contribution in [3.8, 4) is 10.7 Å². The number of hydrogen-bond acceptors (Lipinski definition) is 4. The summed E-state index contributed by atoms with van der Waals surface area (Å²) in [6.07, 6.45) is 1.11. The van der Waals surface area contributed by atoms with Gasteiger partial charge in [-0.1, -0.05) is 0 Å². The van der Waals surface area contributed by atoms with Gasteiger partial charge in [0.2, 0.25) is 0 Å². The average Bonchev–Trinajstić information content (AvgIpc) is 2.83. The zero-order chi connectivity index (χ0) is 11.1. The smallest absolute Gasteiger partial charge is 0.191 e. The van der Waals surface area contributed by atoms with Gasteiger partial charge in [-0.05, 0) is 34.5 Å². The number of rotatable bonds is 1. The highest BCUT2D eigenvalue weighted by Gasteiger charge is 2.20. The van der Waals surface area contributed by atoms with Crippen LogP contribution in [0.25, 0.3) is 10.7 Å². The van der Waals surface area contributed by atoms with Crippen LogP contribution < -0.4 is 0 Å². The van der Waals surface area contributed by atoms with E-state index in [0.717, 1.165) is 33.3 Å². The molecule has 0 spiro atoms. The Hall–Kier alpha value is -0.720. The van der Waals surface area contributed by atoms with Crippen LogP contribution in [-0.4, -0.2) is 26.0 Å². The van der Waals surface area contributed by atoms with Gasteiger partial charge in [0, 0.05) is 13.0 Å². The first-order valence-corrected chi connectivity index (χ1v) is 6.71. The van der Waals surface area contributed by atoms with Crippen molar-refractivity contribution >= 4 is 27.3 Å². The number of hydrogen-bond donors (Lipinski definition) is 1. The van der Waals surface area contributed by atoms with Crippen molar-refractivity contribution in [2.75, 3.05) is 0 Å². The summed E-state index contributed by atoms with van der Waals surface area (Å²) in [5, 5.41) is 14.0. The Labute approximate surface area is 105 Å². The van der Waals surface area contributed by atoms with Gasteiger partial charge in [-0.25, -0.2) is 9.67 Å². The van der Waals surface area contributed by atoms with Gasteiger partial charge < -0.3 is 5.11 Å². The fourth-order valence-electron chi connectivity index (χ4n) is 1.83. The summed E-state index contributed by atoms with van der Waals surface area (Å²) < 4.78 is 2.98. The predicted molar refractivity (Wildman–Crippen MR) is 65.4 cm³/mol. The zero-order valence-electron chi connectivity index (χ0n) is 8.43. The molecular formula is C10H10BrN3OS. The second-order valence-electron chi connectivity index (χ2n) is 3.83. The summed E-state index contributed by atoms with van der Waals surface area (Å²) in [5.41, 5.74) is 0. The normalized spacial score (nSPS) is 19.8. The van der Waals surface area contributed by atoms with E-state index in [4.69, 9.17) is 0 Å². The molecule has 0 bridgehead atoms. The molecule has 0 aliphatic carbocycles.